The lowest BCUT2D eigenvalue weighted by atomic mass is 9.81. The highest BCUT2D eigenvalue weighted by molar-refractivity contribution is 5.91. The van der Waals surface area contributed by atoms with Crippen molar-refractivity contribution in [2.45, 2.75) is 44.7 Å². The Morgan fingerprint density at radius 2 is 1.88 bits per heavy atom. The molecule has 3 fully saturated rings. The maximum absolute atomic E-state index is 12.1. The standard InChI is InChI=1S/C19H26O5/c1-8(2)7-23-18-15-11(5)19(22)24-17(15)14-10(4)13(20)6-12(14)9(3)16(18)21/h8,12-18,20-21H,3-7H2,1-2H3. The molecule has 0 aromatic carbocycles. The van der Waals surface area contributed by atoms with Gasteiger partial charge < -0.3 is 19.7 Å². The summed E-state index contributed by atoms with van der Waals surface area (Å²) < 4.78 is 11.6. The van der Waals surface area contributed by atoms with E-state index in [0.29, 0.717) is 29.7 Å². The van der Waals surface area contributed by atoms with Gasteiger partial charge in [-0.05, 0) is 29.4 Å². The lowest BCUT2D eigenvalue weighted by Gasteiger charge is -2.30. The van der Waals surface area contributed by atoms with Crippen LogP contribution in [0.25, 0.3) is 0 Å². The molecule has 0 bridgehead atoms. The number of esters is 1. The van der Waals surface area contributed by atoms with Crippen LogP contribution in [0.2, 0.25) is 0 Å². The summed E-state index contributed by atoms with van der Waals surface area (Å²) in [4.78, 5) is 12.1. The van der Waals surface area contributed by atoms with Gasteiger partial charge in [0.15, 0.2) is 0 Å². The van der Waals surface area contributed by atoms with Gasteiger partial charge in [-0.2, -0.15) is 0 Å². The molecular formula is C19H26O5. The number of rotatable bonds is 3. The molecule has 7 atom stereocenters. The van der Waals surface area contributed by atoms with E-state index in [1.807, 2.05) is 13.8 Å². The second kappa shape index (κ2) is 6.14. The Morgan fingerprint density at radius 3 is 2.50 bits per heavy atom. The van der Waals surface area contributed by atoms with Crippen LogP contribution in [-0.2, 0) is 14.3 Å². The summed E-state index contributed by atoms with van der Waals surface area (Å²) in [6, 6.07) is 0. The molecular weight excluding hydrogens is 308 g/mol. The third kappa shape index (κ3) is 2.55. The van der Waals surface area contributed by atoms with Crippen LogP contribution in [0, 0.1) is 23.7 Å². The predicted molar refractivity (Wildman–Crippen MR) is 89.0 cm³/mol. The molecule has 1 saturated heterocycles. The van der Waals surface area contributed by atoms with Crippen molar-refractivity contribution in [2.24, 2.45) is 23.7 Å². The number of ether oxygens (including phenoxy) is 2. The Hall–Kier alpha value is -1.43. The average Bonchev–Trinajstić information content (AvgIpc) is 2.94. The van der Waals surface area contributed by atoms with Gasteiger partial charge in [-0.15, -0.1) is 0 Å². The fourth-order valence-corrected chi connectivity index (χ4v) is 4.26. The molecule has 24 heavy (non-hydrogen) atoms. The molecule has 3 rings (SSSR count). The smallest absolute Gasteiger partial charge is 0.334 e. The summed E-state index contributed by atoms with van der Waals surface area (Å²) in [6.07, 6.45) is -2.32. The molecule has 2 saturated carbocycles. The van der Waals surface area contributed by atoms with Crippen LogP contribution in [-0.4, -0.2) is 47.2 Å². The van der Waals surface area contributed by atoms with Crippen LogP contribution in [0.4, 0.5) is 0 Å². The number of fused-ring (bicyclic) bond motifs is 3. The van der Waals surface area contributed by atoms with E-state index >= 15 is 0 Å². The molecule has 0 aromatic rings. The van der Waals surface area contributed by atoms with Crippen LogP contribution in [0.1, 0.15) is 20.3 Å². The highest BCUT2D eigenvalue weighted by atomic mass is 16.6. The number of carbonyl (C=O) groups is 1. The topological polar surface area (TPSA) is 76.0 Å². The van der Waals surface area contributed by atoms with Crippen molar-refractivity contribution in [3.63, 3.8) is 0 Å². The SMILES string of the molecule is C=C1C(O)C(OCC(C)C)C2C(=C)C(=O)OC2C2C(=C)C(O)CC12. The van der Waals surface area contributed by atoms with E-state index in [-0.39, 0.29) is 17.8 Å². The van der Waals surface area contributed by atoms with Gasteiger partial charge in [0.05, 0.1) is 18.1 Å². The first-order chi connectivity index (χ1) is 11.2. The highest BCUT2D eigenvalue weighted by Gasteiger charge is 2.58. The Bertz CT molecular complexity index is 593. The molecule has 1 heterocycles. The van der Waals surface area contributed by atoms with Crippen LogP contribution in [0.15, 0.2) is 36.5 Å². The van der Waals surface area contributed by atoms with Crippen molar-refractivity contribution in [2.75, 3.05) is 6.61 Å². The number of hydrogen-bond donors (Lipinski definition) is 2. The molecule has 7 unspecified atom stereocenters. The van der Waals surface area contributed by atoms with Gasteiger partial charge in [0.1, 0.15) is 12.2 Å². The Balaban J connectivity index is 2.01. The molecule has 132 valence electrons. The minimum atomic E-state index is -0.935. The number of hydrogen-bond acceptors (Lipinski definition) is 5. The first-order valence-corrected chi connectivity index (χ1v) is 8.48. The predicted octanol–water partition coefficient (Wildman–Crippen LogP) is 1.61. The Kier molecular flexibility index (Phi) is 4.45. The summed E-state index contributed by atoms with van der Waals surface area (Å²) >= 11 is 0. The van der Waals surface area contributed by atoms with Crippen LogP contribution in [0.5, 0.6) is 0 Å². The molecule has 1 aliphatic heterocycles. The van der Waals surface area contributed by atoms with Gasteiger partial charge in [0.2, 0.25) is 0 Å². The van der Waals surface area contributed by atoms with Crippen LogP contribution in [0.3, 0.4) is 0 Å². The summed E-state index contributed by atoms with van der Waals surface area (Å²) in [5.74, 6) is -1.07. The summed E-state index contributed by atoms with van der Waals surface area (Å²) in [7, 11) is 0. The van der Waals surface area contributed by atoms with E-state index in [1.54, 1.807) is 0 Å². The molecule has 3 aliphatic rings. The lowest BCUT2D eigenvalue weighted by molar-refractivity contribution is -0.142. The van der Waals surface area contributed by atoms with Gasteiger partial charge >= 0.3 is 5.97 Å². The van der Waals surface area contributed by atoms with Gasteiger partial charge in [0.25, 0.3) is 0 Å². The maximum atomic E-state index is 12.1. The van der Waals surface area contributed by atoms with E-state index in [4.69, 9.17) is 9.47 Å². The van der Waals surface area contributed by atoms with Crippen molar-refractivity contribution >= 4 is 5.97 Å². The van der Waals surface area contributed by atoms with Gasteiger partial charge in [-0.1, -0.05) is 33.6 Å². The molecule has 2 N–H and O–H groups in total. The number of aliphatic hydroxyl groups is 2. The van der Waals surface area contributed by atoms with Gasteiger partial charge in [0, 0.05) is 18.1 Å². The zero-order chi connectivity index (χ0) is 17.8. The minimum Gasteiger partial charge on any atom is -0.458 e. The second-order valence-corrected chi connectivity index (χ2v) is 7.59. The second-order valence-electron chi connectivity index (χ2n) is 7.59. The van der Waals surface area contributed by atoms with Crippen molar-refractivity contribution in [3.8, 4) is 0 Å². The van der Waals surface area contributed by atoms with Crippen LogP contribution < -0.4 is 0 Å². The van der Waals surface area contributed by atoms with Crippen molar-refractivity contribution in [1.82, 2.24) is 0 Å². The van der Waals surface area contributed by atoms with Crippen molar-refractivity contribution in [1.29, 1.82) is 0 Å². The zero-order valence-electron chi connectivity index (χ0n) is 14.3. The number of aliphatic hydroxyl groups excluding tert-OH is 2. The van der Waals surface area contributed by atoms with E-state index in [1.165, 1.54) is 0 Å². The zero-order valence-corrected chi connectivity index (χ0v) is 14.3. The number of carbonyl (C=O) groups excluding carboxylic acids is 1. The molecule has 0 spiro atoms. The van der Waals surface area contributed by atoms with E-state index in [9.17, 15) is 15.0 Å². The van der Waals surface area contributed by atoms with Gasteiger partial charge in [-0.3, -0.25) is 0 Å². The Labute approximate surface area is 142 Å². The maximum Gasteiger partial charge on any atom is 0.334 e. The van der Waals surface area contributed by atoms with Crippen molar-refractivity contribution < 1.29 is 24.5 Å². The van der Waals surface area contributed by atoms with Crippen molar-refractivity contribution in [3.05, 3.63) is 36.5 Å². The fraction of sp³-hybridized carbons (Fsp3) is 0.632. The molecule has 5 heteroatoms. The van der Waals surface area contributed by atoms with Gasteiger partial charge in [-0.25, -0.2) is 4.79 Å². The summed E-state index contributed by atoms with van der Waals surface area (Å²) in [6.45, 7) is 16.4. The van der Waals surface area contributed by atoms with E-state index in [0.717, 1.165) is 0 Å². The molecule has 0 radical (unpaired) electrons. The first-order valence-electron chi connectivity index (χ1n) is 8.48. The molecule has 0 aromatic heterocycles. The average molecular weight is 334 g/mol. The van der Waals surface area contributed by atoms with E-state index in [2.05, 4.69) is 19.7 Å². The summed E-state index contributed by atoms with van der Waals surface area (Å²) in [5, 5.41) is 21.1. The summed E-state index contributed by atoms with van der Waals surface area (Å²) in [5.41, 5.74) is 1.57. The van der Waals surface area contributed by atoms with Crippen LogP contribution >= 0.6 is 0 Å². The highest BCUT2D eigenvalue weighted by Crippen LogP contribution is 2.52. The largest absolute Gasteiger partial charge is 0.458 e. The Morgan fingerprint density at radius 1 is 1.21 bits per heavy atom. The van der Waals surface area contributed by atoms with E-state index < -0.39 is 36.3 Å². The fourth-order valence-electron chi connectivity index (χ4n) is 4.26. The first kappa shape index (κ1) is 17.4. The monoisotopic (exact) mass is 334 g/mol. The lowest BCUT2D eigenvalue weighted by Crippen LogP contribution is -2.41. The minimum absolute atomic E-state index is 0.179. The molecule has 2 aliphatic carbocycles. The molecule has 0 amide bonds. The third-order valence-electron chi connectivity index (χ3n) is 5.53. The normalized spacial score (nSPS) is 42.1. The molecule has 5 nitrogen and oxygen atoms in total. The third-order valence-corrected chi connectivity index (χ3v) is 5.53. The quantitative estimate of drug-likeness (QED) is 0.466.